The second-order valence-electron chi connectivity index (χ2n) is 4.85. The third-order valence-electron chi connectivity index (χ3n) is 2.98. The first-order valence-corrected chi connectivity index (χ1v) is 7.16. The van der Waals surface area contributed by atoms with Crippen molar-refractivity contribution in [3.8, 4) is 11.5 Å². The van der Waals surface area contributed by atoms with Gasteiger partial charge in [-0.05, 0) is 18.6 Å². The fourth-order valence-electron chi connectivity index (χ4n) is 1.66. The molecule has 8 heteroatoms. The van der Waals surface area contributed by atoms with Gasteiger partial charge in [-0.1, -0.05) is 13.8 Å². The van der Waals surface area contributed by atoms with Crippen molar-refractivity contribution in [2.75, 3.05) is 13.2 Å². The van der Waals surface area contributed by atoms with E-state index in [1.165, 1.54) is 6.07 Å². The minimum absolute atomic E-state index is 0. The molecule has 132 valence electrons. The van der Waals surface area contributed by atoms with Gasteiger partial charge in [0, 0.05) is 30.6 Å². The predicted molar refractivity (Wildman–Crippen MR) is 86.2 cm³/mol. The topological polar surface area (TPSA) is 73.6 Å². The SMILES string of the molecule is CCCOc1ccc(CNC(=O)C(C)CN)c(OC(F)F)c1.Cl. The van der Waals surface area contributed by atoms with Crippen molar-refractivity contribution in [1.82, 2.24) is 5.32 Å². The van der Waals surface area contributed by atoms with Gasteiger partial charge in [0.05, 0.1) is 6.61 Å². The van der Waals surface area contributed by atoms with Gasteiger partial charge < -0.3 is 20.5 Å². The van der Waals surface area contributed by atoms with Gasteiger partial charge in [-0.3, -0.25) is 4.79 Å². The van der Waals surface area contributed by atoms with Crippen molar-refractivity contribution in [1.29, 1.82) is 0 Å². The number of alkyl halides is 2. The Labute approximate surface area is 140 Å². The Balaban J connectivity index is 0.00000484. The van der Waals surface area contributed by atoms with Gasteiger partial charge in [0.25, 0.3) is 0 Å². The van der Waals surface area contributed by atoms with Crippen molar-refractivity contribution in [3.05, 3.63) is 23.8 Å². The summed E-state index contributed by atoms with van der Waals surface area (Å²) in [6.45, 7) is 1.47. The van der Waals surface area contributed by atoms with E-state index in [1.807, 2.05) is 6.92 Å². The van der Waals surface area contributed by atoms with E-state index in [0.717, 1.165) is 6.42 Å². The van der Waals surface area contributed by atoms with Crippen LogP contribution < -0.4 is 20.5 Å². The van der Waals surface area contributed by atoms with E-state index in [4.69, 9.17) is 10.5 Å². The van der Waals surface area contributed by atoms with Gasteiger partial charge in [0.1, 0.15) is 11.5 Å². The molecule has 1 aromatic rings. The summed E-state index contributed by atoms with van der Waals surface area (Å²) >= 11 is 0. The van der Waals surface area contributed by atoms with Crippen LogP contribution in [0.2, 0.25) is 0 Å². The number of rotatable bonds is 9. The number of benzene rings is 1. The number of nitrogens with two attached hydrogens (primary N) is 1. The highest BCUT2D eigenvalue weighted by Crippen LogP contribution is 2.26. The maximum absolute atomic E-state index is 12.5. The fraction of sp³-hybridized carbons (Fsp3) is 0.533. The normalized spacial score (nSPS) is 11.6. The first-order chi connectivity index (χ1) is 10.5. The van der Waals surface area contributed by atoms with Crippen molar-refractivity contribution in [2.45, 2.75) is 33.4 Å². The molecule has 5 nitrogen and oxygen atoms in total. The Morgan fingerprint density at radius 2 is 2.09 bits per heavy atom. The maximum Gasteiger partial charge on any atom is 0.387 e. The molecule has 1 atom stereocenters. The number of ether oxygens (including phenoxy) is 2. The van der Waals surface area contributed by atoms with Crippen LogP contribution in [0.1, 0.15) is 25.8 Å². The monoisotopic (exact) mass is 352 g/mol. The van der Waals surface area contributed by atoms with E-state index in [2.05, 4.69) is 10.1 Å². The summed E-state index contributed by atoms with van der Waals surface area (Å²) in [6, 6.07) is 4.65. The molecular weight excluding hydrogens is 330 g/mol. The third kappa shape index (κ3) is 7.47. The molecule has 0 saturated carbocycles. The maximum atomic E-state index is 12.5. The van der Waals surface area contributed by atoms with Crippen LogP contribution in [0.4, 0.5) is 8.78 Å². The molecule has 0 fully saturated rings. The van der Waals surface area contributed by atoms with Crippen LogP contribution in [0.15, 0.2) is 18.2 Å². The smallest absolute Gasteiger partial charge is 0.387 e. The molecule has 0 saturated heterocycles. The molecule has 1 aromatic carbocycles. The third-order valence-corrected chi connectivity index (χ3v) is 2.98. The van der Waals surface area contributed by atoms with E-state index < -0.39 is 6.61 Å². The van der Waals surface area contributed by atoms with E-state index in [9.17, 15) is 13.6 Å². The van der Waals surface area contributed by atoms with E-state index in [0.29, 0.717) is 17.9 Å². The van der Waals surface area contributed by atoms with Gasteiger partial charge in [0.2, 0.25) is 5.91 Å². The Morgan fingerprint density at radius 1 is 1.39 bits per heavy atom. The zero-order chi connectivity index (χ0) is 16.5. The predicted octanol–water partition coefficient (Wildman–Crippen LogP) is 2.71. The summed E-state index contributed by atoms with van der Waals surface area (Å²) < 4.78 is 34.9. The fourth-order valence-corrected chi connectivity index (χ4v) is 1.66. The summed E-state index contributed by atoms with van der Waals surface area (Å²) in [7, 11) is 0. The molecule has 0 aliphatic carbocycles. The van der Waals surface area contributed by atoms with Gasteiger partial charge in [-0.15, -0.1) is 12.4 Å². The zero-order valence-electron chi connectivity index (χ0n) is 13.2. The summed E-state index contributed by atoms with van der Waals surface area (Å²) in [5, 5.41) is 2.64. The van der Waals surface area contributed by atoms with Crippen LogP contribution in [0, 0.1) is 5.92 Å². The highest BCUT2D eigenvalue weighted by molar-refractivity contribution is 5.85. The highest BCUT2D eigenvalue weighted by Gasteiger charge is 2.14. The Morgan fingerprint density at radius 3 is 2.65 bits per heavy atom. The quantitative estimate of drug-likeness (QED) is 0.716. The Kier molecular flexibility index (Phi) is 10.2. The number of hydrogen-bond donors (Lipinski definition) is 2. The van der Waals surface area contributed by atoms with Crippen LogP contribution in [0.5, 0.6) is 11.5 Å². The number of amides is 1. The van der Waals surface area contributed by atoms with Gasteiger partial charge in [-0.2, -0.15) is 8.78 Å². The number of nitrogens with one attached hydrogen (secondary N) is 1. The number of carbonyl (C=O) groups is 1. The van der Waals surface area contributed by atoms with Gasteiger partial charge in [-0.25, -0.2) is 0 Å². The zero-order valence-corrected chi connectivity index (χ0v) is 14.0. The minimum Gasteiger partial charge on any atom is -0.493 e. The standard InChI is InChI=1S/C15H22F2N2O3.ClH/c1-3-6-21-12-5-4-11(13(7-12)22-15(16)17)9-19-14(20)10(2)8-18;/h4-5,7,10,15H,3,6,8-9,18H2,1-2H3,(H,19,20);1H. The molecule has 0 bridgehead atoms. The average molecular weight is 353 g/mol. The molecular formula is C15H23ClF2N2O3. The Hall–Kier alpha value is -1.60. The van der Waals surface area contributed by atoms with Crippen LogP contribution in [-0.2, 0) is 11.3 Å². The summed E-state index contributed by atoms with van der Waals surface area (Å²) in [5.41, 5.74) is 5.85. The molecule has 0 spiro atoms. The highest BCUT2D eigenvalue weighted by atomic mass is 35.5. The van der Waals surface area contributed by atoms with E-state index in [-0.39, 0.29) is 43.1 Å². The average Bonchev–Trinajstić information content (AvgIpc) is 2.50. The van der Waals surface area contributed by atoms with E-state index >= 15 is 0 Å². The summed E-state index contributed by atoms with van der Waals surface area (Å²) in [4.78, 5) is 11.7. The van der Waals surface area contributed by atoms with Crippen LogP contribution in [0.3, 0.4) is 0 Å². The molecule has 1 rings (SSSR count). The lowest BCUT2D eigenvalue weighted by atomic mass is 10.1. The van der Waals surface area contributed by atoms with Crippen molar-refractivity contribution in [3.63, 3.8) is 0 Å². The van der Waals surface area contributed by atoms with E-state index in [1.54, 1.807) is 19.1 Å². The van der Waals surface area contributed by atoms with Crippen LogP contribution >= 0.6 is 12.4 Å². The molecule has 0 radical (unpaired) electrons. The van der Waals surface area contributed by atoms with Crippen LogP contribution in [0.25, 0.3) is 0 Å². The lowest BCUT2D eigenvalue weighted by Crippen LogP contribution is -2.32. The molecule has 0 aromatic heterocycles. The minimum atomic E-state index is -2.95. The molecule has 0 aliphatic heterocycles. The van der Waals surface area contributed by atoms with Crippen molar-refractivity contribution < 1.29 is 23.0 Å². The number of hydrogen-bond acceptors (Lipinski definition) is 4. The lowest BCUT2D eigenvalue weighted by Gasteiger charge is -2.15. The van der Waals surface area contributed by atoms with Gasteiger partial charge >= 0.3 is 6.61 Å². The molecule has 1 amide bonds. The first kappa shape index (κ1) is 21.4. The lowest BCUT2D eigenvalue weighted by molar-refractivity contribution is -0.124. The molecule has 3 N–H and O–H groups in total. The van der Waals surface area contributed by atoms with Crippen LogP contribution in [-0.4, -0.2) is 25.7 Å². The molecule has 0 aliphatic rings. The molecule has 23 heavy (non-hydrogen) atoms. The summed E-state index contributed by atoms with van der Waals surface area (Å²) in [6.07, 6.45) is 0.805. The number of halogens is 3. The second-order valence-corrected chi connectivity index (χ2v) is 4.85. The van der Waals surface area contributed by atoms with Crippen molar-refractivity contribution in [2.24, 2.45) is 11.7 Å². The Bertz CT molecular complexity index is 490. The first-order valence-electron chi connectivity index (χ1n) is 7.16. The number of carbonyl (C=O) groups excluding carboxylic acids is 1. The molecule has 1 unspecified atom stereocenters. The van der Waals surface area contributed by atoms with Crippen molar-refractivity contribution >= 4 is 18.3 Å². The second kappa shape index (κ2) is 11.0. The van der Waals surface area contributed by atoms with Gasteiger partial charge in [0.15, 0.2) is 0 Å². The molecule has 0 heterocycles. The summed E-state index contributed by atoms with van der Waals surface area (Å²) in [5.74, 6) is -0.143. The largest absolute Gasteiger partial charge is 0.493 e.